The summed E-state index contributed by atoms with van der Waals surface area (Å²) in [4.78, 5) is 1.01. The summed E-state index contributed by atoms with van der Waals surface area (Å²) < 4.78 is 1.13. The average molecular weight is 217 g/mol. The summed E-state index contributed by atoms with van der Waals surface area (Å²) in [6.07, 6.45) is 1.05. The highest BCUT2D eigenvalue weighted by Gasteiger charge is 1.98. The molecule has 0 bridgehead atoms. The van der Waals surface area contributed by atoms with Crippen LogP contribution in [-0.2, 0) is 6.42 Å². The van der Waals surface area contributed by atoms with Gasteiger partial charge in [0.2, 0.25) is 0 Å². The van der Waals surface area contributed by atoms with E-state index in [2.05, 4.69) is 41.5 Å². The van der Waals surface area contributed by atoms with Crippen molar-refractivity contribution in [2.45, 2.75) is 18.2 Å². The van der Waals surface area contributed by atoms with Gasteiger partial charge in [-0.1, -0.05) is 19.1 Å². The van der Waals surface area contributed by atoms with Crippen LogP contribution in [0.15, 0.2) is 27.6 Å². The number of rotatable bonds is 1. The molecule has 0 saturated carbocycles. The number of aryl methyl sites for hydroxylation is 1. The molecule has 10 heavy (non-hydrogen) atoms. The Bertz CT molecular complexity index is 233. The molecular formula is C8H9BrS. The lowest BCUT2D eigenvalue weighted by Gasteiger charge is -2.01. The molecule has 1 rings (SSSR count). The summed E-state index contributed by atoms with van der Waals surface area (Å²) >= 11 is 7.74. The van der Waals surface area contributed by atoms with Gasteiger partial charge < -0.3 is 0 Å². The SMILES string of the molecule is CCc1cccc(S)c1Br. The molecule has 0 spiro atoms. The van der Waals surface area contributed by atoms with Crippen LogP contribution in [0.2, 0.25) is 0 Å². The van der Waals surface area contributed by atoms with Gasteiger partial charge in [0.1, 0.15) is 0 Å². The molecule has 1 aromatic rings. The van der Waals surface area contributed by atoms with Gasteiger partial charge in [-0.15, -0.1) is 12.6 Å². The Kier molecular flexibility index (Phi) is 2.81. The fraction of sp³-hybridized carbons (Fsp3) is 0.250. The molecule has 0 aliphatic carbocycles. The quantitative estimate of drug-likeness (QED) is 0.685. The highest BCUT2D eigenvalue weighted by molar-refractivity contribution is 9.10. The van der Waals surface area contributed by atoms with Gasteiger partial charge in [0.15, 0.2) is 0 Å². The van der Waals surface area contributed by atoms with E-state index >= 15 is 0 Å². The monoisotopic (exact) mass is 216 g/mol. The van der Waals surface area contributed by atoms with E-state index in [1.54, 1.807) is 0 Å². The van der Waals surface area contributed by atoms with Crippen LogP contribution in [0.1, 0.15) is 12.5 Å². The van der Waals surface area contributed by atoms with Crippen LogP contribution in [0.25, 0.3) is 0 Å². The lowest BCUT2D eigenvalue weighted by Crippen LogP contribution is -1.81. The predicted molar refractivity (Wildman–Crippen MR) is 50.8 cm³/mol. The predicted octanol–water partition coefficient (Wildman–Crippen LogP) is 3.30. The smallest absolute Gasteiger partial charge is 0.0340 e. The lowest BCUT2D eigenvalue weighted by atomic mass is 10.2. The second kappa shape index (κ2) is 3.44. The van der Waals surface area contributed by atoms with Crippen molar-refractivity contribution in [1.82, 2.24) is 0 Å². The molecule has 0 heterocycles. The third-order valence-corrected chi connectivity index (χ3v) is 3.05. The van der Waals surface area contributed by atoms with Crippen LogP contribution in [0.3, 0.4) is 0 Å². The summed E-state index contributed by atoms with van der Waals surface area (Å²) in [5, 5.41) is 0. The van der Waals surface area contributed by atoms with Crippen LogP contribution < -0.4 is 0 Å². The van der Waals surface area contributed by atoms with Crippen molar-refractivity contribution < 1.29 is 0 Å². The van der Waals surface area contributed by atoms with Crippen LogP contribution in [0.5, 0.6) is 0 Å². The molecule has 0 N–H and O–H groups in total. The molecule has 1 aromatic carbocycles. The lowest BCUT2D eigenvalue weighted by molar-refractivity contribution is 1.11. The van der Waals surface area contributed by atoms with Crippen LogP contribution >= 0.6 is 28.6 Å². The molecule has 2 heteroatoms. The van der Waals surface area contributed by atoms with Crippen molar-refractivity contribution in [3.05, 3.63) is 28.2 Å². The minimum Gasteiger partial charge on any atom is -0.142 e. The fourth-order valence-electron chi connectivity index (χ4n) is 0.839. The molecule has 0 unspecified atom stereocenters. The minimum atomic E-state index is 1.01. The number of hydrogen-bond acceptors (Lipinski definition) is 1. The normalized spacial score (nSPS) is 9.90. The Balaban J connectivity index is 3.14. The van der Waals surface area contributed by atoms with Crippen molar-refractivity contribution >= 4 is 28.6 Å². The van der Waals surface area contributed by atoms with Crippen molar-refractivity contribution in [3.8, 4) is 0 Å². The maximum absolute atomic E-state index is 4.27. The Hall–Kier alpha value is 0.0500. The van der Waals surface area contributed by atoms with Gasteiger partial charge in [-0.2, -0.15) is 0 Å². The molecule has 0 aliphatic heterocycles. The third-order valence-electron chi connectivity index (χ3n) is 1.44. The van der Waals surface area contributed by atoms with E-state index in [0.717, 1.165) is 15.8 Å². The zero-order valence-corrected chi connectivity index (χ0v) is 8.24. The summed E-state index contributed by atoms with van der Waals surface area (Å²) in [6, 6.07) is 6.10. The van der Waals surface area contributed by atoms with E-state index in [1.807, 2.05) is 12.1 Å². The standard InChI is InChI=1S/C8H9BrS/c1-2-6-4-3-5-7(10)8(6)9/h3-5,10H,2H2,1H3. The number of benzene rings is 1. The van der Waals surface area contributed by atoms with E-state index < -0.39 is 0 Å². The van der Waals surface area contributed by atoms with Crippen molar-refractivity contribution in [3.63, 3.8) is 0 Å². The molecule has 0 aromatic heterocycles. The molecule has 0 amide bonds. The van der Waals surface area contributed by atoms with E-state index in [1.165, 1.54) is 5.56 Å². The third kappa shape index (κ3) is 1.55. The van der Waals surface area contributed by atoms with Gasteiger partial charge >= 0.3 is 0 Å². The van der Waals surface area contributed by atoms with Gasteiger partial charge in [0, 0.05) is 9.37 Å². The molecule has 0 aliphatic rings. The number of thiol groups is 1. The Labute approximate surface area is 75.2 Å². The van der Waals surface area contributed by atoms with E-state index in [4.69, 9.17) is 0 Å². The largest absolute Gasteiger partial charge is 0.142 e. The average Bonchev–Trinajstić information content (AvgIpc) is 1.95. The first-order valence-electron chi connectivity index (χ1n) is 3.22. The molecule has 0 saturated heterocycles. The zero-order chi connectivity index (χ0) is 7.56. The van der Waals surface area contributed by atoms with Crippen molar-refractivity contribution in [2.75, 3.05) is 0 Å². The first-order valence-corrected chi connectivity index (χ1v) is 4.46. The highest BCUT2D eigenvalue weighted by atomic mass is 79.9. The Morgan fingerprint density at radius 1 is 1.50 bits per heavy atom. The minimum absolute atomic E-state index is 1.01. The molecule has 54 valence electrons. The van der Waals surface area contributed by atoms with E-state index in [-0.39, 0.29) is 0 Å². The summed E-state index contributed by atoms with van der Waals surface area (Å²) in [5.41, 5.74) is 1.31. The molecular weight excluding hydrogens is 208 g/mol. The molecule has 0 fully saturated rings. The number of halogens is 1. The second-order valence-corrected chi connectivity index (χ2v) is 3.38. The zero-order valence-electron chi connectivity index (χ0n) is 5.76. The molecule has 0 atom stereocenters. The second-order valence-electron chi connectivity index (χ2n) is 2.10. The summed E-state index contributed by atoms with van der Waals surface area (Å²) in [7, 11) is 0. The first-order chi connectivity index (χ1) is 4.75. The maximum atomic E-state index is 4.27. The van der Waals surface area contributed by atoms with Gasteiger partial charge in [-0.25, -0.2) is 0 Å². The fourth-order valence-corrected chi connectivity index (χ4v) is 1.61. The van der Waals surface area contributed by atoms with Gasteiger partial charge in [-0.3, -0.25) is 0 Å². The van der Waals surface area contributed by atoms with Crippen LogP contribution in [0.4, 0.5) is 0 Å². The maximum Gasteiger partial charge on any atom is 0.0340 e. The van der Waals surface area contributed by atoms with E-state index in [9.17, 15) is 0 Å². The van der Waals surface area contributed by atoms with Gasteiger partial charge in [-0.05, 0) is 34.0 Å². The van der Waals surface area contributed by atoms with Crippen molar-refractivity contribution in [1.29, 1.82) is 0 Å². The van der Waals surface area contributed by atoms with Crippen molar-refractivity contribution in [2.24, 2.45) is 0 Å². The highest BCUT2D eigenvalue weighted by Crippen LogP contribution is 2.24. The topological polar surface area (TPSA) is 0 Å². The van der Waals surface area contributed by atoms with Crippen LogP contribution in [0, 0.1) is 0 Å². The van der Waals surface area contributed by atoms with Gasteiger partial charge in [0.25, 0.3) is 0 Å². The summed E-state index contributed by atoms with van der Waals surface area (Å²) in [6.45, 7) is 2.13. The molecule has 0 radical (unpaired) electrons. The molecule has 0 nitrogen and oxygen atoms in total. The first kappa shape index (κ1) is 8.15. The Morgan fingerprint density at radius 3 is 2.70 bits per heavy atom. The number of hydrogen-bond donors (Lipinski definition) is 1. The Morgan fingerprint density at radius 2 is 2.20 bits per heavy atom. The van der Waals surface area contributed by atoms with Crippen LogP contribution in [-0.4, -0.2) is 0 Å². The van der Waals surface area contributed by atoms with Gasteiger partial charge in [0.05, 0.1) is 0 Å². The van der Waals surface area contributed by atoms with E-state index in [0.29, 0.717) is 0 Å². The summed E-state index contributed by atoms with van der Waals surface area (Å²) in [5.74, 6) is 0.